The van der Waals surface area contributed by atoms with Gasteiger partial charge in [0.1, 0.15) is 5.82 Å². The van der Waals surface area contributed by atoms with E-state index in [9.17, 15) is 22.4 Å². The van der Waals surface area contributed by atoms with Crippen LogP contribution in [0, 0.1) is 5.82 Å². The first-order valence-corrected chi connectivity index (χ1v) is 8.40. The van der Waals surface area contributed by atoms with Crippen molar-refractivity contribution in [2.24, 2.45) is 0 Å². The number of hydrogen-bond donors (Lipinski definition) is 1. The number of hydrogen-bond acceptors (Lipinski definition) is 3. The molecule has 1 aliphatic rings. The van der Waals surface area contributed by atoms with Crippen molar-refractivity contribution in [1.29, 1.82) is 0 Å². The standard InChI is InChI=1S/C18H22BF4NO3/c1-11(25)24-10-13(19-26-16(2,3)17(4,5)27-19)8-12-6-7-14(20)9-15(12)18(21,22)23/h6-9H,10H2,1-5H3,(H,24,25). The number of carbonyl (C=O) groups is 1. The Bertz CT molecular complexity index is 743. The monoisotopic (exact) mass is 387 g/mol. The molecule has 1 heterocycles. The molecule has 0 bridgehead atoms. The van der Waals surface area contributed by atoms with Gasteiger partial charge in [0.25, 0.3) is 0 Å². The lowest BCUT2D eigenvalue weighted by molar-refractivity contribution is -0.138. The van der Waals surface area contributed by atoms with E-state index in [1.54, 1.807) is 0 Å². The summed E-state index contributed by atoms with van der Waals surface area (Å²) in [5, 5.41) is 2.54. The largest absolute Gasteiger partial charge is 0.492 e. The zero-order valence-corrected chi connectivity index (χ0v) is 15.8. The molecule has 0 atom stereocenters. The second-order valence-corrected chi connectivity index (χ2v) is 7.45. The van der Waals surface area contributed by atoms with Gasteiger partial charge in [-0.3, -0.25) is 4.79 Å². The van der Waals surface area contributed by atoms with Gasteiger partial charge in [0.2, 0.25) is 5.91 Å². The van der Waals surface area contributed by atoms with Gasteiger partial charge in [-0.1, -0.05) is 12.1 Å². The first kappa shape index (κ1) is 21.4. The molecule has 1 saturated heterocycles. The number of nitrogens with one attached hydrogen (secondary N) is 1. The highest BCUT2D eigenvalue weighted by Crippen LogP contribution is 2.39. The third-order valence-corrected chi connectivity index (χ3v) is 4.76. The van der Waals surface area contributed by atoms with Crippen molar-refractivity contribution in [2.45, 2.75) is 52.0 Å². The van der Waals surface area contributed by atoms with Crippen LogP contribution in [-0.4, -0.2) is 30.8 Å². The second kappa shape index (κ2) is 7.28. The first-order chi connectivity index (χ1) is 12.2. The molecule has 0 radical (unpaired) electrons. The maximum Gasteiger partial charge on any atom is 0.492 e. The van der Waals surface area contributed by atoms with Crippen LogP contribution in [-0.2, 0) is 20.3 Å². The van der Waals surface area contributed by atoms with E-state index in [1.807, 2.05) is 27.7 Å². The van der Waals surface area contributed by atoms with E-state index in [4.69, 9.17) is 9.31 Å². The topological polar surface area (TPSA) is 47.6 Å². The van der Waals surface area contributed by atoms with Gasteiger partial charge in [-0.2, -0.15) is 13.2 Å². The van der Waals surface area contributed by atoms with Gasteiger partial charge in [0.05, 0.1) is 16.8 Å². The molecule has 9 heteroatoms. The lowest BCUT2D eigenvalue weighted by Crippen LogP contribution is -2.41. The van der Waals surface area contributed by atoms with Crippen LogP contribution in [0.5, 0.6) is 0 Å². The number of rotatable bonds is 4. The fraction of sp³-hybridized carbons (Fsp3) is 0.500. The Kier molecular flexibility index (Phi) is 5.78. The molecule has 148 valence electrons. The molecule has 0 unspecified atom stereocenters. The Hall–Kier alpha value is -1.87. The SMILES string of the molecule is CC(=O)NCC(=Cc1ccc(F)cc1C(F)(F)F)B1OC(C)(C)C(C)(C)O1. The van der Waals surface area contributed by atoms with Crippen molar-refractivity contribution in [2.75, 3.05) is 6.54 Å². The molecule has 1 aliphatic heterocycles. The molecule has 27 heavy (non-hydrogen) atoms. The van der Waals surface area contributed by atoms with E-state index < -0.39 is 35.9 Å². The van der Waals surface area contributed by atoms with Crippen LogP contribution in [0.1, 0.15) is 45.7 Å². The highest BCUT2D eigenvalue weighted by molar-refractivity contribution is 6.56. The molecule has 0 spiro atoms. The number of carbonyl (C=O) groups excluding carboxylic acids is 1. The maximum absolute atomic E-state index is 13.3. The maximum atomic E-state index is 13.3. The molecule has 1 N–H and O–H groups in total. The van der Waals surface area contributed by atoms with Crippen LogP contribution in [0.2, 0.25) is 0 Å². The van der Waals surface area contributed by atoms with Crippen molar-refractivity contribution in [3.05, 3.63) is 40.6 Å². The van der Waals surface area contributed by atoms with Gasteiger partial charge >= 0.3 is 13.3 Å². The Balaban J connectivity index is 2.48. The summed E-state index contributed by atoms with van der Waals surface area (Å²) < 4.78 is 65.0. The molecule has 1 aromatic carbocycles. The summed E-state index contributed by atoms with van der Waals surface area (Å²) in [5.74, 6) is -1.34. The van der Waals surface area contributed by atoms with Crippen LogP contribution in [0.4, 0.5) is 17.6 Å². The van der Waals surface area contributed by atoms with Crippen LogP contribution in [0.25, 0.3) is 6.08 Å². The van der Waals surface area contributed by atoms with E-state index in [1.165, 1.54) is 13.0 Å². The van der Waals surface area contributed by atoms with Crippen LogP contribution in [0.3, 0.4) is 0 Å². The van der Waals surface area contributed by atoms with Gasteiger partial charge < -0.3 is 14.6 Å². The molecule has 0 aromatic heterocycles. The molecule has 2 rings (SSSR count). The predicted molar refractivity (Wildman–Crippen MR) is 94.1 cm³/mol. The highest BCUT2D eigenvalue weighted by atomic mass is 19.4. The van der Waals surface area contributed by atoms with Gasteiger partial charge in [-0.05, 0) is 50.9 Å². The zero-order chi connectivity index (χ0) is 20.6. The molecule has 0 aliphatic carbocycles. The average Bonchev–Trinajstić information content (AvgIpc) is 2.71. The fourth-order valence-corrected chi connectivity index (χ4v) is 2.52. The lowest BCUT2D eigenvalue weighted by atomic mass is 9.76. The Morgan fingerprint density at radius 2 is 1.74 bits per heavy atom. The third-order valence-electron chi connectivity index (χ3n) is 4.76. The Labute approximate surface area is 156 Å². The van der Waals surface area contributed by atoms with Gasteiger partial charge in [-0.15, -0.1) is 0 Å². The van der Waals surface area contributed by atoms with Gasteiger partial charge in [0.15, 0.2) is 0 Å². The summed E-state index contributed by atoms with van der Waals surface area (Å²) in [6.07, 6.45) is -3.51. The summed E-state index contributed by atoms with van der Waals surface area (Å²) in [5.41, 5.74) is -2.47. The minimum atomic E-state index is -4.73. The van der Waals surface area contributed by atoms with Crippen LogP contribution in [0.15, 0.2) is 23.7 Å². The molecular formula is C18H22BF4NO3. The van der Waals surface area contributed by atoms with Crippen molar-refractivity contribution in [3.63, 3.8) is 0 Å². The minimum absolute atomic E-state index is 0.0686. The third kappa shape index (κ3) is 4.90. The number of benzene rings is 1. The molecule has 1 fully saturated rings. The minimum Gasteiger partial charge on any atom is -0.400 e. The average molecular weight is 387 g/mol. The highest BCUT2D eigenvalue weighted by Gasteiger charge is 2.52. The van der Waals surface area contributed by atoms with Crippen molar-refractivity contribution in [1.82, 2.24) is 5.32 Å². The van der Waals surface area contributed by atoms with Gasteiger partial charge in [-0.25, -0.2) is 4.39 Å². The van der Waals surface area contributed by atoms with E-state index >= 15 is 0 Å². The van der Waals surface area contributed by atoms with E-state index in [2.05, 4.69) is 5.32 Å². The van der Waals surface area contributed by atoms with Crippen molar-refractivity contribution in [3.8, 4) is 0 Å². The second-order valence-electron chi connectivity index (χ2n) is 7.45. The summed E-state index contributed by atoms with van der Waals surface area (Å²) in [7, 11) is -0.951. The normalized spacial score (nSPS) is 19.3. The Morgan fingerprint density at radius 3 is 2.22 bits per heavy atom. The van der Waals surface area contributed by atoms with Crippen LogP contribution < -0.4 is 5.32 Å². The van der Waals surface area contributed by atoms with Gasteiger partial charge in [0, 0.05) is 13.5 Å². The fourth-order valence-electron chi connectivity index (χ4n) is 2.52. The predicted octanol–water partition coefficient (Wildman–Crippen LogP) is 4.00. The summed E-state index contributed by atoms with van der Waals surface area (Å²) in [6.45, 7) is 8.45. The molecule has 1 amide bonds. The van der Waals surface area contributed by atoms with E-state index in [0.29, 0.717) is 11.5 Å². The van der Waals surface area contributed by atoms with Crippen molar-refractivity contribution >= 4 is 19.1 Å². The molecule has 0 saturated carbocycles. The number of alkyl halides is 3. The summed E-state index contributed by atoms with van der Waals surface area (Å²) >= 11 is 0. The molecule has 4 nitrogen and oxygen atoms in total. The quantitative estimate of drug-likeness (QED) is 0.628. The Morgan fingerprint density at radius 1 is 1.19 bits per heavy atom. The molecule has 1 aromatic rings. The summed E-state index contributed by atoms with van der Waals surface area (Å²) in [6, 6.07) is 2.42. The van der Waals surface area contributed by atoms with Crippen molar-refractivity contribution < 1.29 is 31.7 Å². The van der Waals surface area contributed by atoms with E-state index in [-0.39, 0.29) is 18.0 Å². The lowest BCUT2D eigenvalue weighted by Gasteiger charge is -2.32. The number of amides is 1. The first-order valence-electron chi connectivity index (χ1n) is 8.40. The summed E-state index contributed by atoms with van der Waals surface area (Å²) in [4.78, 5) is 11.3. The van der Waals surface area contributed by atoms with Crippen LogP contribution >= 0.6 is 0 Å². The smallest absolute Gasteiger partial charge is 0.400 e. The molecular weight excluding hydrogens is 365 g/mol. The van der Waals surface area contributed by atoms with E-state index in [0.717, 1.165) is 12.1 Å². The zero-order valence-electron chi connectivity index (χ0n) is 15.8. The number of halogens is 4.